The maximum atomic E-state index is 14.7. The van der Waals surface area contributed by atoms with Gasteiger partial charge in [0.05, 0.1) is 17.2 Å². The second kappa shape index (κ2) is 11.7. The van der Waals surface area contributed by atoms with E-state index in [0.29, 0.717) is 35.2 Å². The van der Waals surface area contributed by atoms with E-state index < -0.39 is 29.8 Å². The first-order valence-corrected chi connectivity index (χ1v) is 12.8. The normalized spacial score (nSPS) is 18.5. The first kappa shape index (κ1) is 29.2. The molecular formula is C26H29F4N5O5. The van der Waals surface area contributed by atoms with Gasteiger partial charge in [-0.05, 0) is 49.9 Å². The number of aromatic amines is 1. The lowest BCUT2D eigenvalue weighted by Gasteiger charge is -2.38. The van der Waals surface area contributed by atoms with Crippen LogP contribution in [0.3, 0.4) is 0 Å². The minimum atomic E-state index is -5.13. The quantitative estimate of drug-likeness (QED) is 0.551. The van der Waals surface area contributed by atoms with Crippen molar-refractivity contribution in [2.45, 2.75) is 39.3 Å². The van der Waals surface area contributed by atoms with E-state index >= 15 is 0 Å². The zero-order chi connectivity index (χ0) is 29.2. The molecule has 1 N–H and O–H groups in total. The summed E-state index contributed by atoms with van der Waals surface area (Å²) in [4.78, 5) is 56.4. The number of carbonyl (C=O) groups is 3. The van der Waals surface area contributed by atoms with Crippen molar-refractivity contribution >= 4 is 17.8 Å². The number of hydrogen-bond donors (Lipinski definition) is 1. The molecule has 14 heteroatoms. The van der Waals surface area contributed by atoms with E-state index in [9.17, 15) is 36.7 Å². The summed E-state index contributed by atoms with van der Waals surface area (Å²) in [6, 6.07) is 4.20. The van der Waals surface area contributed by atoms with Crippen molar-refractivity contribution < 1.29 is 36.8 Å². The van der Waals surface area contributed by atoms with Crippen LogP contribution in [0.5, 0.6) is 0 Å². The zero-order valence-corrected chi connectivity index (χ0v) is 22.0. The van der Waals surface area contributed by atoms with Crippen LogP contribution in [-0.4, -0.2) is 88.3 Å². The van der Waals surface area contributed by atoms with E-state index in [1.54, 1.807) is 19.9 Å². The molecule has 216 valence electrons. The lowest BCUT2D eigenvalue weighted by atomic mass is 9.97. The average molecular weight is 568 g/mol. The molecule has 1 atom stereocenters. The van der Waals surface area contributed by atoms with Crippen molar-refractivity contribution in [1.82, 2.24) is 25.1 Å². The number of H-pyrrole nitrogens is 1. The summed E-state index contributed by atoms with van der Waals surface area (Å²) in [6.07, 6.45) is -4.04. The second-order valence-corrected chi connectivity index (χ2v) is 9.96. The van der Waals surface area contributed by atoms with Gasteiger partial charge < -0.3 is 14.6 Å². The Morgan fingerprint density at radius 2 is 1.73 bits per heavy atom. The van der Waals surface area contributed by atoms with E-state index in [4.69, 9.17) is 0 Å². The smallest absolute Gasteiger partial charge is 0.361 e. The van der Waals surface area contributed by atoms with Crippen LogP contribution in [0.2, 0.25) is 0 Å². The van der Waals surface area contributed by atoms with E-state index in [2.05, 4.69) is 15.0 Å². The van der Waals surface area contributed by atoms with E-state index in [1.807, 2.05) is 0 Å². The van der Waals surface area contributed by atoms with Gasteiger partial charge in [0, 0.05) is 51.3 Å². The Morgan fingerprint density at radius 1 is 1.05 bits per heavy atom. The molecular weight excluding hydrogens is 538 g/mol. The fourth-order valence-corrected chi connectivity index (χ4v) is 4.84. The van der Waals surface area contributed by atoms with Crippen molar-refractivity contribution in [2.24, 2.45) is 5.92 Å². The summed E-state index contributed by atoms with van der Waals surface area (Å²) in [6.45, 7) is 4.02. The average Bonchev–Trinajstić information content (AvgIpc) is 2.93. The van der Waals surface area contributed by atoms with Crippen LogP contribution in [0.15, 0.2) is 23.0 Å². The number of piperazine rings is 1. The van der Waals surface area contributed by atoms with Gasteiger partial charge in [-0.1, -0.05) is 6.07 Å². The van der Waals surface area contributed by atoms with Gasteiger partial charge in [0.25, 0.3) is 11.5 Å². The number of halogens is 4. The van der Waals surface area contributed by atoms with Gasteiger partial charge in [-0.3, -0.25) is 14.4 Å². The van der Waals surface area contributed by atoms with Gasteiger partial charge in [-0.25, -0.2) is 14.3 Å². The summed E-state index contributed by atoms with van der Waals surface area (Å²) in [5.41, 5.74) is 2.06. The van der Waals surface area contributed by atoms with E-state index in [-0.39, 0.29) is 62.7 Å². The Labute approximate surface area is 226 Å². The van der Waals surface area contributed by atoms with Crippen LogP contribution < -0.4 is 5.56 Å². The minimum Gasteiger partial charge on any atom is -0.361 e. The van der Waals surface area contributed by atoms with Gasteiger partial charge in [0.1, 0.15) is 5.82 Å². The number of benzene rings is 1. The van der Waals surface area contributed by atoms with Gasteiger partial charge in [0.15, 0.2) is 0 Å². The van der Waals surface area contributed by atoms with Crippen LogP contribution in [0.1, 0.15) is 45.6 Å². The number of aromatic nitrogens is 2. The van der Waals surface area contributed by atoms with Gasteiger partial charge in [0.2, 0.25) is 5.91 Å². The Morgan fingerprint density at radius 3 is 2.40 bits per heavy atom. The highest BCUT2D eigenvalue weighted by molar-refractivity contribution is 5.95. The minimum absolute atomic E-state index is 0.0932. The summed E-state index contributed by atoms with van der Waals surface area (Å²) in [7, 11) is 0. The number of rotatable bonds is 5. The molecule has 2 aliphatic heterocycles. The molecule has 2 fully saturated rings. The number of hydrogen-bond acceptors (Lipinski definition) is 7. The molecule has 1 unspecified atom stereocenters. The second-order valence-electron chi connectivity index (χ2n) is 9.96. The van der Waals surface area contributed by atoms with Crippen molar-refractivity contribution in [3.63, 3.8) is 0 Å². The Balaban J connectivity index is 1.36. The molecule has 1 aromatic heterocycles. The van der Waals surface area contributed by atoms with Crippen molar-refractivity contribution in [3.8, 4) is 0 Å². The molecule has 0 aliphatic carbocycles. The number of alkyl halides is 3. The standard InChI is InChI=1S/C26H29F4N5O5/c1-15-16(2)22(36)32-31-21(15)13-17-5-6-20(27)19(12-17)24(38)34-10-8-33(9-11-34)23(37)18-4-3-7-35(14-18)40-25(39)26(28,29)30/h5-6,12,18H,3-4,7-11,13-14H2,1-2H3,(H,32,36). The van der Waals surface area contributed by atoms with Gasteiger partial charge in [-0.15, -0.1) is 5.06 Å². The Kier molecular flexibility index (Phi) is 8.57. The predicted octanol–water partition coefficient (Wildman–Crippen LogP) is 2.13. The molecule has 0 spiro atoms. The lowest BCUT2D eigenvalue weighted by molar-refractivity contribution is -0.243. The monoisotopic (exact) mass is 567 g/mol. The summed E-state index contributed by atoms with van der Waals surface area (Å²) < 4.78 is 52.2. The molecule has 10 nitrogen and oxygen atoms in total. The predicted molar refractivity (Wildman–Crippen MR) is 132 cm³/mol. The molecule has 4 rings (SSSR count). The number of nitrogens with one attached hydrogen (secondary N) is 1. The van der Waals surface area contributed by atoms with Gasteiger partial charge in [-0.2, -0.15) is 18.3 Å². The molecule has 2 amide bonds. The number of carbonyl (C=O) groups excluding carboxylic acids is 3. The lowest BCUT2D eigenvalue weighted by Crippen LogP contribution is -2.54. The Bertz CT molecular complexity index is 1350. The van der Waals surface area contributed by atoms with Crippen molar-refractivity contribution in [3.05, 3.63) is 62.3 Å². The van der Waals surface area contributed by atoms with Crippen LogP contribution >= 0.6 is 0 Å². The molecule has 0 saturated carbocycles. The largest absolute Gasteiger partial charge is 0.492 e. The molecule has 40 heavy (non-hydrogen) atoms. The van der Waals surface area contributed by atoms with Crippen LogP contribution in [0.4, 0.5) is 17.6 Å². The highest BCUT2D eigenvalue weighted by Crippen LogP contribution is 2.24. The fourth-order valence-electron chi connectivity index (χ4n) is 4.84. The third-order valence-corrected chi connectivity index (χ3v) is 7.32. The topological polar surface area (TPSA) is 116 Å². The van der Waals surface area contributed by atoms with E-state index in [1.165, 1.54) is 21.9 Å². The number of nitrogens with zero attached hydrogens (tertiary/aromatic N) is 4. The maximum absolute atomic E-state index is 14.7. The molecule has 2 saturated heterocycles. The first-order chi connectivity index (χ1) is 18.8. The number of piperidine rings is 1. The SMILES string of the molecule is Cc1c(Cc2ccc(F)c(C(=O)N3CCN(C(=O)C4CCCN(OC(=O)C(F)(F)F)C4)CC3)c2)n[nH]c(=O)c1C. The highest BCUT2D eigenvalue weighted by atomic mass is 19.4. The number of hydroxylamine groups is 2. The van der Waals surface area contributed by atoms with Crippen LogP contribution in [-0.2, 0) is 20.8 Å². The van der Waals surface area contributed by atoms with Gasteiger partial charge >= 0.3 is 12.1 Å². The summed E-state index contributed by atoms with van der Waals surface area (Å²) in [5.74, 6) is -4.50. The third-order valence-electron chi connectivity index (χ3n) is 7.32. The molecule has 3 heterocycles. The zero-order valence-electron chi connectivity index (χ0n) is 22.0. The van der Waals surface area contributed by atoms with Crippen LogP contribution in [0, 0.1) is 25.6 Å². The Hall–Kier alpha value is -3.81. The summed E-state index contributed by atoms with van der Waals surface area (Å²) >= 11 is 0. The highest BCUT2D eigenvalue weighted by Gasteiger charge is 2.43. The van der Waals surface area contributed by atoms with Crippen molar-refractivity contribution in [1.29, 1.82) is 0 Å². The molecule has 2 aromatic rings. The molecule has 0 radical (unpaired) electrons. The molecule has 1 aromatic carbocycles. The van der Waals surface area contributed by atoms with E-state index in [0.717, 1.165) is 5.06 Å². The van der Waals surface area contributed by atoms with Crippen molar-refractivity contribution in [2.75, 3.05) is 39.3 Å². The molecule has 2 aliphatic rings. The van der Waals surface area contributed by atoms with Crippen LogP contribution in [0.25, 0.3) is 0 Å². The maximum Gasteiger partial charge on any atom is 0.492 e. The molecule has 0 bridgehead atoms. The third kappa shape index (κ3) is 6.49. The summed E-state index contributed by atoms with van der Waals surface area (Å²) in [5, 5.41) is 7.36. The number of amides is 2. The first-order valence-electron chi connectivity index (χ1n) is 12.8. The fraction of sp³-hybridized carbons (Fsp3) is 0.500.